The molecule has 0 spiro atoms. The van der Waals surface area contributed by atoms with Crippen molar-refractivity contribution in [3.63, 3.8) is 0 Å². The standard InChI is InChI=1S/C16H26FNO5/c17-5-6-19-7-8-20-9-10-21-11-12-22-13-14-23-16-3-1-15(18)2-4-16/h1-4H,5-14,18H2. The molecule has 0 bridgehead atoms. The van der Waals surface area contributed by atoms with E-state index in [1.807, 2.05) is 12.1 Å². The molecule has 6 nitrogen and oxygen atoms in total. The maximum atomic E-state index is 11.7. The molecular formula is C16H26FNO5. The number of nitrogens with two attached hydrogens (primary N) is 1. The van der Waals surface area contributed by atoms with Gasteiger partial charge in [-0.05, 0) is 24.3 Å². The first kappa shape index (κ1) is 19.6. The number of hydrogen-bond donors (Lipinski definition) is 1. The SMILES string of the molecule is Nc1ccc(OCCOCCOCCOCCOCCF)cc1. The second-order valence-electron chi connectivity index (χ2n) is 4.56. The van der Waals surface area contributed by atoms with E-state index >= 15 is 0 Å². The molecule has 1 aromatic rings. The van der Waals surface area contributed by atoms with Gasteiger partial charge in [0.15, 0.2) is 0 Å². The fourth-order valence-corrected chi connectivity index (χ4v) is 1.60. The Balaban J connectivity index is 1.77. The Kier molecular flexibility index (Phi) is 12.1. The molecule has 0 fully saturated rings. The lowest BCUT2D eigenvalue weighted by molar-refractivity contribution is -0.00557. The maximum absolute atomic E-state index is 11.7. The molecule has 0 aliphatic heterocycles. The Morgan fingerprint density at radius 2 is 1.09 bits per heavy atom. The molecule has 0 amide bonds. The number of benzene rings is 1. The summed E-state index contributed by atoms with van der Waals surface area (Å²) in [5.74, 6) is 0.770. The third-order valence-corrected chi connectivity index (χ3v) is 2.71. The Bertz CT molecular complexity index is 377. The maximum Gasteiger partial charge on any atom is 0.119 e. The van der Waals surface area contributed by atoms with Crippen LogP contribution in [0.25, 0.3) is 0 Å². The zero-order valence-electron chi connectivity index (χ0n) is 13.4. The molecule has 0 aliphatic carbocycles. The van der Waals surface area contributed by atoms with Gasteiger partial charge in [0.05, 0.1) is 52.9 Å². The summed E-state index contributed by atoms with van der Waals surface area (Å²) in [7, 11) is 0. The summed E-state index contributed by atoms with van der Waals surface area (Å²) in [4.78, 5) is 0. The topological polar surface area (TPSA) is 72.2 Å². The first-order valence-corrected chi connectivity index (χ1v) is 7.68. The molecule has 0 heterocycles. The molecule has 7 heteroatoms. The summed E-state index contributed by atoms with van der Waals surface area (Å²) in [6, 6.07) is 7.22. The highest BCUT2D eigenvalue weighted by Gasteiger charge is 1.95. The summed E-state index contributed by atoms with van der Waals surface area (Å²) in [6.07, 6.45) is 0. The largest absolute Gasteiger partial charge is 0.491 e. The van der Waals surface area contributed by atoms with E-state index in [2.05, 4.69) is 0 Å². The van der Waals surface area contributed by atoms with Crippen LogP contribution in [-0.4, -0.2) is 66.1 Å². The average Bonchev–Trinajstić information content (AvgIpc) is 2.57. The molecule has 1 rings (SSSR count). The van der Waals surface area contributed by atoms with E-state index in [0.29, 0.717) is 58.5 Å². The van der Waals surface area contributed by atoms with Crippen molar-refractivity contribution in [3.8, 4) is 5.75 Å². The summed E-state index contributed by atoms with van der Waals surface area (Å²) >= 11 is 0. The Morgan fingerprint density at radius 1 is 0.652 bits per heavy atom. The highest BCUT2D eigenvalue weighted by molar-refractivity contribution is 5.41. The quantitative estimate of drug-likeness (QED) is 0.389. The Morgan fingerprint density at radius 3 is 1.57 bits per heavy atom. The van der Waals surface area contributed by atoms with E-state index in [1.165, 1.54) is 0 Å². The van der Waals surface area contributed by atoms with Crippen molar-refractivity contribution in [1.29, 1.82) is 0 Å². The minimum atomic E-state index is -0.464. The van der Waals surface area contributed by atoms with Crippen LogP contribution >= 0.6 is 0 Å². The van der Waals surface area contributed by atoms with Crippen molar-refractivity contribution in [3.05, 3.63) is 24.3 Å². The van der Waals surface area contributed by atoms with E-state index in [1.54, 1.807) is 12.1 Å². The van der Waals surface area contributed by atoms with Crippen LogP contribution in [0, 0.1) is 0 Å². The normalized spacial score (nSPS) is 10.8. The number of anilines is 1. The van der Waals surface area contributed by atoms with Crippen LogP contribution in [0.2, 0.25) is 0 Å². The second kappa shape index (κ2) is 14.2. The van der Waals surface area contributed by atoms with Crippen molar-refractivity contribution in [1.82, 2.24) is 0 Å². The molecular weight excluding hydrogens is 305 g/mol. The number of alkyl halides is 1. The fourth-order valence-electron chi connectivity index (χ4n) is 1.60. The van der Waals surface area contributed by atoms with E-state index in [4.69, 9.17) is 29.4 Å². The van der Waals surface area contributed by atoms with Gasteiger partial charge < -0.3 is 29.4 Å². The van der Waals surface area contributed by atoms with Crippen molar-refractivity contribution in [2.75, 3.05) is 71.9 Å². The highest BCUT2D eigenvalue weighted by Crippen LogP contribution is 2.12. The number of rotatable bonds is 15. The first-order valence-electron chi connectivity index (χ1n) is 7.68. The van der Waals surface area contributed by atoms with Crippen LogP contribution in [-0.2, 0) is 18.9 Å². The van der Waals surface area contributed by atoms with Gasteiger partial charge in [-0.1, -0.05) is 0 Å². The van der Waals surface area contributed by atoms with Gasteiger partial charge in [0, 0.05) is 5.69 Å². The molecule has 0 radical (unpaired) electrons. The molecule has 1 aromatic carbocycles. The fraction of sp³-hybridized carbons (Fsp3) is 0.625. The second-order valence-corrected chi connectivity index (χ2v) is 4.56. The van der Waals surface area contributed by atoms with E-state index in [9.17, 15) is 4.39 Å². The van der Waals surface area contributed by atoms with Crippen LogP contribution in [0.5, 0.6) is 5.75 Å². The predicted molar refractivity (Wildman–Crippen MR) is 85.6 cm³/mol. The van der Waals surface area contributed by atoms with Crippen molar-refractivity contribution < 1.29 is 28.1 Å². The Labute approximate surface area is 136 Å². The molecule has 0 aliphatic rings. The summed E-state index contributed by atoms with van der Waals surface area (Å²) in [5.41, 5.74) is 6.29. The zero-order chi connectivity index (χ0) is 16.6. The molecule has 0 saturated carbocycles. The Hall–Kier alpha value is -1.41. The lowest BCUT2D eigenvalue weighted by Gasteiger charge is -2.08. The van der Waals surface area contributed by atoms with Gasteiger partial charge in [0.25, 0.3) is 0 Å². The minimum absolute atomic E-state index is 0.124. The molecule has 23 heavy (non-hydrogen) atoms. The molecule has 0 unspecified atom stereocenters. The van der Waals surface area contributed by atoms with E-state index in [0.717, 1.165) is 5.75 Å². The predicted octanol–water partition coefficient (Wildman–Crippen LogP) is 1.68. The zero-order valence-corrected chi connectivity index (χ0v) is 13.4. The number of hydrogen-bond acceptors (Lipinski definition) is 6. The van der Waals surface area contributed by atoms with Crippen molar-refractivity contribution >= 4 is 5.69 Å². The first-order chi connectivity index (χ1) is 11.3. The average molecular weight is 331 g/mol. The van der Waals surface area contributed by atoms with Gasteiger partial charge in [-0.2, -0.15) is 0 Å². The van der Waals surface area contributed by atoms with Gasteiger partial charge in [-0.25, -0.2) is 4.39 Å². The van der Waals surface area contributed by atoms with Gasteiger partial charge in [-0.3, -0.25) is 0 Å². The molecule has 0 atom stereocenters. The van der Waals surface area contributed by atoms with Gasteiger partial charge in [-0.15, -0.1) is 0 Å². The highest BCUT2D eigenvalue weighted by atomic mass is 19.1. The smallest absolute Gasteiger partial charge is 0.119 e. The van der Waals surface area contributed by atoms with Gasteiger partial charge in [0.1, 0.15) is 19.0 Å². The minimum Gasteiger partial charge on any atom is -0.491 e. The third kappa shape index (κ3) is 11.8. The lowest BCUT2D eigenvalue weighted by Crippen LogP contribution is -2.14. The summed E-state index contributed by atoms with van der Waals surface area (Å²) in [5, 5.41) is 0. The van der Waals surface area contributed by atoms with Crippen LogP contribution < -0.4 is 10.5 Å². The summed E-state index contributed by atoms with van der Waals surface area (Å²) < 4.78 is 38.1. The van der Waals surface area contributed by atoms with E-state index in [-0.39, 0.29) is 6.61 Å². The van der Waals surface area contributed by atoms with Crippen LogP contribution in [0.4, 0.5) is 10.1 Å². The number of halogens is 1. The van der Waals surface area contributed by atoms with E-state index < -0.39 is 6.67 Å². The lowest BCUT2D eigenvalue weighted by atomic mass is 10.3. The monoisotopic (exact) mass is 331 g/mol. The van der Waals surface area contributed by atoms with Gasteiger partial charge >= 0.3 is 0 Å². The van der Waals surface area contributed by atoms with Crippen molar-refractivity contribution in [2.45, 2.75) is 0 Å². The molecule has 132 valence electrons. The molecule has 0 saturated heterocycles. The van der Waals surface area contributed by atoms with Crippen molar-refractivity contribution in [2.24, 2.45) is 0 Å². The van der Waals surface area contributed by atoms with Crippen LogP contribution in [0.3, 0.4) is 0 Å². The molecule has 2 N–H and O–H groups in total. The number of ether oxygens (including phenoxy) is 5. The van der Waals surface area contributed by atoms with Gasteiger partial charge in [0.2, 0.25) is 0 Å². The van der Waals surface area contributed by atoms with Crippen LogP contribution in [0.1, 0.15) is 0 Å². The third-order valence-electron chi connectivity index (χ3n) is 2.71. The van der Waals surface area contributed by atoms with Crippen LogP contribution in [0.15, 0.2) is 24.3 Å². The summed E-state index contributed by atoms with van der Waals surface area (Å²) in [6.45, 7) is 3.47. The number of nitrogen functional groups attached to an aromatic ring is 1. The molecule has 0 aromatic heterocycles.